The normalized spacial score (nSPS) is 24.4. The minimum Gasteiger partial charge on any atom is -0.496 e. The first-order chi connectivity index (χ1) is 10.5. The number of ether oxygens (including phenoxy) is 2. The largest absolute Gasteiger partial charge is 0.496 e. The second kappa shape index (κ2) is 5.92. The number of methoxy groups -OCH3 is 1. The fourth-order valence-electron chi connectivity index (χ4n) is 2.96. The fourth-order valence-corrected chi connectivity index (χ4v) is 4.48. The molecule has 0 saturated carbocycles. The van der Waals surface area contributed by atoms with Gasteiger partial charge in [0.25, 0.3) is 0 Å². The Bertz CT molecular complexity index is 691. The number of hydrogen-bond acceptors (Lipinski definition) is 4. The molecule has 22 heavy (non-hydrogen) atoms. The number of morpholine rings is 1. The zero-order chi connectivity index (χ0) is 15.7. The van der Waals surface area contributed by atoms with Gasteiger partial charge in [-0.05, 0) is 18.1 Å². The molecule has 6 heteroatoms. The number of hydrogen-bond donors (Lipinski definition) is 0. The maximum absolute atomic E-state index is 12.7. The van der Waals surface area contributed by atoms with E-state index in [-0.39, 0.29) is 17.1 Å². The SMILES string of the molecule is C#CCCc1ccc(S(=O)(=O)N2CC3CC(C2)O3)cc1OC. The summed E-state index contributed by atoms with van der Waals surface area (Å²) in [5.41, 5.74) is 0.921. The number of rotatable bonds is 5. The van der Waals surface area contributed by atoms with E-state index in [0.717, 1.165) is 12.0 Å². The van der Waals surface area contributed by atoms with Gasteiger partial charge in [-0.3, -0.25) is 0 Å². The zero-order valence-corrected chi connectivity index (χ0v) is 13.3. The summed E-state index contributed by atoms with van der Waals surface area (Å²) in [5.74, 6) is 3.14. The molecule has 0 N–H and O–H groups in total. The van der Waals surface area contributed by atoms with Crippen LogP contribution in [0, 0.1) is 12.3 Å². The molecule has 2 bridgehead atoms. The smallest absolute Gasteiger partial charge is 0.243 e. The van der Waals surface area contributed by atoms with Crippen molar-refractivity contribution in [3.8, 4) is 18.1 Å². The maximum Gasteiger partial charge on any atom is 0.243 e. The minimum atomic E-state index is -3.50. The van der Waals surface area contributed by atoms with Crippen LogP contribution in [0.4, 0.5) is 0 Å². The standard InChI is InChI=1S/C16H19NO4S/c1-3-4-5-12-6-7-15(9-16(12)20-2)22(18,19)17-10-13-8-14(11-17)21-13/h1,6-7,9,13-14H,4-5,8,10-11H2,2H3. The first kappa shape index (κ1) is 15.3. The summed E-state index contributed by atoms with van der Waals surface area (Å²) in [5, 5.41) is 0. The molecule has 1 aromatic carbocycles. The van der Waals surface area contributed by atoms with Crippen LogP contribution in [0.3, 0.4) is 0 Å². The Kier molecular flexibility index (Phi) is 4.13. The van der Waals surface area contributed by atoms with Crippen LogP contribution in [0.15, 0.2) is 23.1 Å². The third-order valence-electron chi connectivity index (χ3n) is 4.16. The van der Waals surface area contributed by atoms with Crippen LogP contribution >= 0.6 is 0 Å². The monoisotopic (exact) mass is 321 g/mol. The van der Waals surface area contributed by atoms with E-state index in [0.29, 0.717) is 31.7 Å². The van der Waals surface area contributed by atoms with E-state index in [2.05, 4.69) is 5.92 Å². The lowest BCUT2D eigenvalue weighted by Gasteiger charge is -2.46. The van der Waals surface area contributed by atoms with E-state index < -0.39 is 10.0 Å². The van der Waals surface area contributed by atoms with E-state index in [1.807, 2.05) is 0 Å². The van der Waals surface area contributed by atoms with Crippen molar-refractivity contribution in [1.82, 2.24) is 4.31 Å². The number of fused-ring (bicyclic) bond motifs is 2. The predicted octanol–water partition coefficient (Wildman–Crippen LogP) is 1.42. The van der Waals surface area contributed by atoms with Crippen LogP contribution < -0.4 is 4.74 Å². The van der Waals surface area contributed by atoms with Crippen molar-refractivity contribution in [2.45, 2.75) is 36.4 Å². The van der Waals surface area contributed by atoms with E-state index in [1.54, 1.807) is 18.2 Å². The average Bonchev–Trinajstić information content (AvgIpc) is 2.52. The van der Waals surface area contributed by atoms with Crippen molar-refractivity contribution >= 4 is 10.0 Å². The number of nitrogens with zero attached hydrogens (tertiary/aromatic N) is 1. The lowest BCUT2D eigenvalue weighted by molar-refractivity contribution is -0.164. The molecular formula is C16H19NO4S. The van der Waals surface area contributed by atoms with Crippen molar-refractivity contribution in [2.24, 2.45) is 0 Å². The van der Waals surface area contributed by atoms with Gasteiger partial charge in [0.1, 0.15) is 5.75 Å². The Morgan fingerprint density at radius 3 is 2.68 bits per heavy atom. The summed E-state index contributed by atoms with van der Waals surface area (Å²) in [6.07, 6.45) is 7.59. The molecule has 3 heterocycles. The van der Waals surface area contributed by atoms with Crippen molar-refractivity contribution in [3.05, 3.63) is 23.8 Å². The van der Waals surface area contributed by atoms with Crippen LogP contribution in [0.25, 0.3) is 0 Å². The highest BCUT2D eigenvalue weighted by atomic mass is 32.2. The van der Waals surface area contributed by atoms with Crippen LogP contribution in [-0.2, 0) is 21.2 Å². The van der Waals surface area contributed by atoms with Gasteiger partial charge in [-0.25, -0.2) is 8.42 Å². The minimum absolute atomic E-state index is 0.0466. The van der Waals surface area contributed by atoms with Crippen LogP contribution in [0.1, 0.15) is 18.4 Å². The maximum atomic E-state index is 12.7. The molecule has 118 valence electrons. The molecule has 0 aromatic heterocycles. The van der Waals surface area contributed by atoms with E-state index in [9.17, 15) is 8.42 Å². The highest BCUT2D eigenvalue weighted by Crippen LogP contribution is 2.33. The number of benzene rings is 1. The third kappa shape index (κ3) is 2.72. The first-order valence-electron chi connectivity index (χ1n) is 7.30. The molecule has 0 aliphatic carbocycles. The highest BCUT2D eigenvalue weighted by Gasteiger charge is 2.43. The Hall–Kier alpha value is -1.55. The summed E-state index contributed by atoms with van der Waals surface area (Å²) in [4.78, 5) is 0.259. The van der Waals surface area contributed by atoms with E-state index >= 15 is 0 Å². The van der Waals surface area contributed by atoms with Gasteiger partial charge in [-0.15, -0.1) is 12.3 Å². The van der Waals surface area contributed by atoms with Crippen molar-refractivity contribution in [2.75, 3.05) is 20.2 Å². The molecule has 3 aliphatic rings. The lowest BCUT2D eigenvalue weighted by Crippen LogP contribution is -2.58. The highest BCUT2D eigenvalue weighted by molar-refractivity contribution is 7.89. The molecule has 3 aliphatic heterocycles. The number of piperidine rings is 1. The topological polar surface area (TPSA) is 55.8 Å². The summed E-state index contributed by atoms with van der Waals surface area (Å²) < 4.78 is 37.8. The molecule has 2 unspecified atom stereocenters. The Morgan fingerprint density at radius 2 is 2.09 bits per heavy atom. The molecule has 5 nitrogen and oxygen atoms in total. The third-order valence-corrected chi connectivity index (χ3v) is 5.99. The first-order valence-corrected chi connectivity index (χ1v) is 8.74. The molecule has 2 atom stereocenters. The van der Waals surface area contributed by atoms with Gasteiger partial charge in [0.05, 0.1) is 24.2 Å². The van der Waals surface area contributed by atoms with Gasteiger partial charge < -0.3 is 9.47 Å². The number of terminal acetylenes is 1. The molecule has 3 fully saturated rings. The molecule has 0 spiro atoms. The van der Waals surface area contributed by atoms with Crippen LogP contribution in [0.2, 0.25) is 0 Å². The van der Waals surface area contributed by atoms with Gasteiger partial charge in [-0.1, -0.05) is 6.07 Å². The Balaban J connectivity index is 1.85. The summed E-state index contributed by atoms with van der Waals surface area (Å²) in [6.45, 7) is 0.861. The van der Waals surface area contributed by atoms with Gasteiger partial charge in [0.2, 0.25) is 10.0 Å². The quantitative estimate of drug-likeness (QED) is 0.770. The number of aryl methyl sites for hydroxylation is 1. The molecule has 0 radical (unpaired) electrons. The Labute approximate surface area is 131 Å². The van der Waals surface area contributed by atoms with Crippen LogP contribution in [-0.4, -0.2) is 45.1 Å². The van der Waals surface area contributed by atoms with Crippen LogP contribution in [0.5, 0.6) is 5.75 Å². The van der Waals surface area contributed by atoms with Gasteiger partial charge in [0, 0.05) is 32.0 Å². The lowest BCUT2D eigenvalue weighted by atomic mass is 10.0. The van der Waals surface area contributed by atoms with Gasteiger partial charge >= 0.3 is 0 Å². The van der Waals surface area contributed by atoms with Crippen molar-refractivity contribution in [1.29, 1.82) is 0 Å². The van der Waals surface area contributed by atoms with E-state index in [1.165, 1.54) is 11.4 Å². The molecule has 0 amide bonds. The van der Waals surface area contributed by atoms with Gasteiger partial charge in [-0.2, -0.15) is 4.31 Å². The summed E-state index contributed by atoms with van der Waals surface area (Å²) in [6, 6.07) is 5.00. The average molecular weight is 321 g/mol. The summed E-state index contributed by atoms with van der Waals surface area (Å²) in [7, 11) is -1.96. The summed E-state index contributed by atoms with van der Waals surface area (Å²) >= 11 is 0. The van der Waals surface area contributed by atoms with E-state index in [4.69, 9.17) is 15.9 Å². The molecule has 3 saturated heterocycles. The van der Waals surface area contributed by atoms with Crippen molar-refractivity contribution < 1.29 is 17.9 Å². The zero-order valence-electron chi connectivity index (χ0n) is 12.5. The Morgan fingerprint density at radius 1 is 1.41 bits per heavy atom. The second-order valence-electron chi connectivity index (χ2n) is 5.62. The predicted molar refractivity (Wildman–Crippen MR) is 82.2 cm³/mol. The fraction of sp³-hybridized carbons (Fsp3) is 0.500. The van der Waals surface area contributed by atoms with Crippen molar-refractivity contribution in [3.63, 3.8) is 0 Å². The second-order valence-corrected chi connectivity index (χ2v) is 7.55. The number of sulfonamides is 1. The molecule has 4 rings (SSSR count). The molecule has 1 aromatic rings. The molecular weight excluding hydrogens is 302 g/mol. The van der Waals surface area contributed by atoms with Gasteiger partial charge in [0.15, 0.2) is 0 Å².